The molecular weight excluding hydrogens is 316 g/mol. The van der Waals surface area contributed by atoms with Crippen LogP contribution in [0.5, 0.6) is 5.75 Å². The van der Waals surface area contributed by atoms with Crippen LogP contribution < -0.4 is 20.9 Å². The summed E-state index contributed by atoms with van der Waals surface area (Å²) in [7, 11) is 0. The van der Waals surface area contributed by atoms with E-state index in [9.17, 15) is 13.6 Å². The molecule has 2 aliphatic rings. The molecule has 1 saturated carbocycles. The SMILES string of the molecule is O=C(NCC1NNC2CCCCCC21)c1cccc(OC(F)F)c1. The lowest BCUT2D eigenvalue weighted by molar-refractivity contribution is -0.0498. The predicted octanol–water partition coefficient (Wildman–Crippen LogP) is 2.44. The highest BCUT2D eigenvalue weighted by Crippen LogP contribution is 2.28. The Hall–Kier alpha value is -1.73. The first-order valence-electron chi connectivity index (χ1n) is 8.47. The highest BCUT2D eigenvalue weighted by atomic mass is 19.3. The molecule has 0 spiro atoms. The van der Waals surface area contributed by atoms with E-state index in [0.29, 0.717) is 24.1 Å². The summed E-state index contributed by atoms with van der Waals surface area (Å²) in [6.45, 7) is -2.39. The lowest BCUT2D eigenvalue weighted by atomic mass is 9.90. The molecule has 3 unspecified atom stereocenters. The minimum Gasteiger partial charge on any atom is -0.435 e. The molecule has 5 nitrogen and oxygen atoms in total. The van der Waals surface area contributed by atoms with E-state index in [1.54, 1.807) is 6.07 Å². The monoisotopic (exact) mass is 339 g/mol. The van der Waals surface area contributed by atoms with Crippen LogP contribution in [0.15, 0.2) is 24.3 Å². The van der Waals surface area contributed by atoms with Crippen molar-refractivity contribution in [2.75, 3.05) is 6.54 Å². The average molecular weight is 339 g/mol. The zero-order valence-electron chi connectivity index (χ0n) is 13.4. The quantitative estimate of drug-likeness (QED) is 0.771. The van der Waals surface area contributed by atoms with Gasteiger partial charge in [-0.1, -0.05) is 25.3 Å². The lowest BCUT2D eigenvalue weighted by Gasteiger charge is -2.21. The highest BCUT2D eigenvalue weighted by molar-refractivity contribution is 5.94. The largest absolute Gasteiger partial charge is 0.435 e. The molecule has 0 aromatic heterocycles. The van der Waals surface area contributed by atoms with Crippen molar-refractivity contribution in [3.63, 3.8) is 0 Å². The van der Waals surface area contributed by atoms with E-state index in [2.05, 4.69) is 20.9 Å². The van der Waals surface area contributed by atoms with Crippen LogP contribution in [0, 0.1) is 5.92 Å². The normalized spacial score (nSPS) is 26.7. The van der Waals surface area contributed by atoms with E-state index in [4.69, 9.17) is 0 Å². The highest BCUT2D eigenvalue weighted by Gasteiger charge is 2.36. The number of carbonyl (C=O) groups is 1. The van der Waals surface area contributed by atoms with Crippen LogP contribution in [-0.2, 0) is 0 Å². The first-order valence-corrected chi connectivity index (χ1v) is 8.47. The molecule has 3 N–H and O–H groups in total. The predicted molar refractivity (Wildman–Crippen MR) is 85.8 cm³/mol. The first-order chi connectivity index (χ1) is 11.6. The molecule has 1 heterocycles. The van der Waals surface area contributed by atoms with Crippen LogP contribution in [0.4, 0.5) is 8.78 Å². The van der Waals surface area contributed by atoms with E-state index < -0.39 is 6.61 Å². The molecule has 1 aliphatic carbocycles. The van der Waals surface area contributed by atoms with Gasteiger partial charge >= 0.3 is 6.61 Å². The first kappa shape index (κ1) is 17.1. The second-order valence-electron chi connectivity index (χ2n) is 6.42. The van der Waals surface area contributed by atoms with E-state index in [0.717, 1.165) is 12.8 Å². The van der Waals surface area contributed by atoms with Gasteiger partial charge in [0.1, 0.15) is 5.75 Å². The topological polar surface area (TPSA) is 62.4 Å². The molecule has 0 radical (unpaired) electrons. The van der Waals surface area contributed by atoms with E-state index in [-0.39, 0.29) is 17.7 Å². The van der Waals surface area contributed by atoms with Crippen molar-refractivity contribution < 1.29 is 18.3 Å². The number of carbonyl (C=O) groups excluding carboxylic acids is 1. The molecule has 3 atom stereocenters. The molecular formula is C17H23F2N3O2. The molecule has 1 aromatic rings. The number of benzene rings is 1. The van der Waals surface area contributed by atoms with Crippen LogP contribution >= 0.6 is 0 Å². The number of fused-ring (bicyclic) bond motifs is 1. The lowest BCUT2D eigenvalue weighted by Crippen LogP contribution is -2.42. The maximum absolute atomic E-state index is 12.3. The number of hydrogen-bond donors (Lipinski definition) is 3. The third kappa shape index (κ3) is 4.21. The van der Waals surface area contributed by atoms with Gasteiger partial charge in [-0.25, -0.2) is 0 Å². The third-order valence-corrected chi connectivity index (χ3v) is 4.84. The number of ether oxygens (including phenoxy) is 1. The van der Waals surface area contributed by atoms with E-state index in [1.165, 1.54) is 37.5 Å². The van der Waals surface area contributed by atoms with Crippen molar-refractivity contribution >= 4 is 5.91 Å². The summed E-state index contributed by atoms with van der Waals surface area (Å²) in [5.74, 6) is 0.219. The van der Waals surface area contributed by atoms with Crippen LogP contribution in [0.3, 0.4) is 0 Å². The number of amides is 1. The van der Waals surface area contributed by atoms with Gasteiger partial charge in [0.15, 0.2) is 0 Å². The Bertz CT molecular complexity index is 571. The fourth-order valence-corrected chi connectivity index (χ4v) is 3.64. The van der Waals surface area contributed by atoms with Gasteiger partial charge < -0.3 is 10.1 Å². The van der Waals surface area contributed by atoms with Crippen LogP contribution in [0.25, 0.3) is 0 Å². The Balaban J connectivity index is 1.55. The van der Waals surface area contributed by atoms with Gasteiger partial charge in [0.25, 0.3) is 5.91 Å². The summed E-state index contributed by atoms with van der Waals surface area (Å²) in [4.78, 5) is 12.3. The molecule has 2 fully saturated rings. The molecule has 1 aromatic carbocycles. The molecule has 1 aliphatic heterocycles. The summed E-state index contributed by atoms with van der Waals surface area (Å²) < 4.78 is 28.8. The summed E-state index contributed by atoms with van der Waals surface area (Å²) in [5.41, 5.74) is 6.94. The fraction of sp³-hybridized carbons (Fsp3) is 0.588. The Morgan fingerprint density at radius 3 is 2.92 bits per heavy atom. The summed E-state index contributed by atoms with van der Waals surface area (Å²) in [6, 6.07) is 6.51. The van der Waals surface area contributed by atoms with Crippen molar-refractivity contribution in [2.45, 2.75) is 50.8 Å². The maximum atomic E-state index is 12.3. The van der Waals surface area contributed by atoms with Crippen LogP contribution in [0.1, 0.15) is 42.5 Å². The minimum absolute atomic E-state index is 0.0119. The minimum atomic E-state index is -2.90. The maximum Gasteiger partial charge on any atom is 0.387 e. The second-order valence-corrected chi connectivity index (χ2v) is 6.42. The zero-order chi connectivity index (χ0) is 16.9. The number of alkyl halides is 2. The zero-order valence-corrected chi connectivity index (χ0v) is 13.4. The van der Waals surface area contributed by atoms with Crippen LogP contribution in [0.2, 0.25) is 0 Å². The molecule has 3 rings (SSSR count). The Kier molecular flexibility index (Phi) is 5.63. The van der Waals surface area contributed by atoms with Gasteiger partial charge in [-0.3, -0.25) is 15.6 Å². The third-order valence-electron chi connectivity index (χ3n) is 4.84. The van der Waals surface area contributed by atoms with Crippen molar-refractivity contribution in [1.82, 2.24) is 16.2 Å². The van der Waals surface area contributed by atoms with Crippen LogP contribution in [-0.4, -0.2) is 31.1 Å². The molecule has 132 valence electrons. The number of nitrogens with one attached hydrogen (secondary N) is 3. The number of halogens is 2. The number of hydrogen-bond acceptors (Lipinski definition) is 4. The summed E-state index contributed by atoms with van der Waals surface area (Å²) in [6.07, 6.45) is 6.05. The van der Waals surface area contributed by atoms with E-state index in [1.807, 2.05) is 0 Å². The molecule has 1 amide bonds. The second kappa shape index (κ2) is 7.90. The van der Waals surface area contributed by atoms with Crippen molar-refractivity contribution in [3.8, 4) is 5.75 Å². The number of rotatable bonds is 5. The smallest absolute Gasteiger partial charge is 0.387 e. The Morgan fingerprint density at radius 1 is 1.25 bits per heavy atom. The van der Waals surface area contributed by atoms with Gasteiger partial charge in [0, 0.05) is 24.2 Å². The molecule has 24 heavy (non-hydrogen) atoms. The summed E-state index contributed by atoms with van der Waals surface area (Å²) >= 11 is 0. The molecule has 1 saturated heterocycles. The molecule has 7 heteroatoms. The fourth-order valence-electron chi connectivity index (χ4n) is 3.64. The average Bonchev–Trinajstić information content (AvgIpc) is 2.79. The van der Waals surface area contributed by atoms with E-state index >= 15 is 0 Å². The van der Waals surface area contributed by atoms with Gasteiger partial charge in [-0.2, -0.15) is 8.78 Å². The number of hydrazine groups is 1. The standard InChI is InChI=1S/C17H23F2N3O2/c18-17(19)24-12-6-4-5-11(9-12)16(23)20-10-15-13-7-2-1-3-8-14(13)21-22-15/h4-6,9,13-15,17,21-22H,1-3,7-8,10H2,(H,20,23). The van der Waals surface area contributed by atoms with Gasteiger partial charge in [0.2, 0.25) is 0 Å². The summed E-state index contributed by atoms with van der Waals surface area (Å²) in [5, 5.41) is 2.89. The van der Waals surface area contributed by atoms with Crippen molar-refractivity contribution in [3.05, 3.63) is 29.8 Å². The van der Waals surface area contributed by atoms with Gasteiger partial charge in [-0.05, 0) is 37.0 Å². The van der Waals surface area contributed by atoms with Crippen molar-refractivity contribution in [1.29, 1.82) is 0 Å². The van der Waals surface area contributed by atoms with Crippen molar-refractivity contribution in [2.24, 2.45) is 5.92 Å². The Morgan fingerprint density at radius 2 is 2.08 bits per heavy atom. The van der Waals surface area contributed by atoms with Gasteiger partial charge in [-0.15, -0.1) is 0 Å². The Labute approximate surface area is 140 Å². The van der Waals surface area contributed by atoms with Gasteiger partial charge in [0.05, 0.1) is 0 Å². The molecule has 0 bridgehead atoms.